The Morgan fingerprint density at radius 2 is 1.86 bits per heavy atom. The molecule has 3 rings (SSSR count). The molecule has 11 heteroatoms. The second-order valence-corrected chi connectivity index (χ2v) is 10.6. The molecule has 2 unspecified atom stereocenters. The van der Waals surface area contributed by atoms with Crippen LogP contribution in [0, 0.1) is 5.92 Å². The lowest BCUT2D eigenvalue weighted by atomic mass is 9.98. The summed E-state index contributed by atoms with van der Waals surface area (Å²) in [6, 6.07) is 4.31. The zero-order valence-corrected chi connectivity index (χ0v) is 21.7. The zero-order chi connectivity index (χ0) is 26.5. The summed E-state index contributed by atoms with van der Waals surface area (Å²) in [5.41, 5.74) is -1.69. The summed E-state index contributed by atoms with van der Waals surface area (Å²) >= 11 is 6.26. The minimum atomic E-state index is -1.09. The van der Waals surface area contributed by atoms with Crippen molar-refractivity contribution in [2.45, 2.75) is 83.8 Å². The Kier molecular flexibility index (Phi) is 9.46. The van der Waals surface area contributed by atoms with Gasteiger partial charge in [-0.1, -0.05) is 37.3 Å². The van der Waals surface area contributed by atoms with E-state index >= 15 is 0 Å². The van der Waals surface area contributed by atoms with Gasteiger partial charge in [0.25, 0.3) is 11.5 Å². The van der Waals surface area contributed by atoms with Gasteiger partial charge in [0, 0.05) is 5.92 Å². The van der Waals surface area contributed by atoms with Gasteiger partial charge in [0.15, 0.2) is 0 Å². The van der Waals surface area contributed by atoms with Crippen molar-refractivity contribution in [3.8, 4) is 5.69 Å². The number of hydrogen-bond acceptors (Lipinski definition) is 7. The molecule has 1 heterocycles. The molecule has 0 spiro atoms. The van der Waals surface area contributed by atoms with E-state index in [2.05, 4.69) is 10.4 Å². The number of aliphatic hydroxyl groups excluding tert-OH is 2. The van der Waals surface area contributed by atoms with Gasteiger partial charge in [-0.25, -0.2) is 4.79 Å². The maximum Gasteiger partial charge on any atom is 0.352 e. The van der Waals surface area contributed by atoms with Gasteiger partial charge in [-0.05, 0) is 51.8 Å². The minimum absolute atomic E-state index is 0.0278. The second kappa shape index (κ2) is 12.1. The minimum Gasteiger partial charge on any atom is -0.389 e. The highest BCUT2D eigenvalue weighted by Gasteiger charge is 2.24. The molecule has 1 aliphatic rings. The van der Waals surface area contributed by atoms with Gasteiger partial charge < -0.3 is 20.3 Å². The molecule has 0 aliphatic heterocycles. The fraction of sp³-hybridized carbons (Fsp3) is 0.600. The number of aromatic nitrogens is 3. The molecule has 1 aliphatic carbocycles. The number of amides is 1. The summed E-state index contributed by atoms with van der Waals surface area (Å²) < 4.78 is 7.33. The van der Waals surface area contributed by atoms with E-state index in [0.29, 0.717) is 0 Å². The number of benzene rings is 1. The molecule has 0 saturated heterocycles. The molecule has 198 valence electrons. The number of aliphatic hydroxyl groups is 2. The first-order chi connectivity index (χ1) is 17.0. The average molecular weight is 523 g/mol. The molecule has 1 aromatic heterocycles. The Bertz CT molecular complexity index is 1160. The van der Waals surface area contributed by atoms with Crippen LogP contribution >= 0.6 is 11.6 Å². The molecule has 0 bridgehead atoms. The molecule has 1 fully saturated rings. The first kappa shape index (κ1) is 28.0. The van der Waals surface area contributed by atoms with Crippen LogP contribution in [-0.2, 0) is 11.3 Å². The second-order valence-electron chi connectivity index (χ2n) is 10.2. The lowest BCUT2D eigenvalue weighted by Crippen LogP contribution is -2.44. The Morgan fingerprint density at radius 1 is 1.19 bits per heavy atom. The Hall–Kier alpha value is -2.53. The number of ether oxygens (including phenoxy) is 1. The van der Waals surface area contributed by atoms with E-state index < -0.39 is 35.1 Å². The topological polar surface area (TPSA) is 136 Å². The Morgan fingerprint density at radius 3 is 2.50 bits per heavy atom. The predicted octanol–water partition coefficient (Wildman–Crippen LogP) is 2.24. The lowest BCUT2D eigenvalue weighted by molar-refractivity contribution is -0.0530. The van der Waals surface area contributed by atoms with E-state index in [0.717, 1.165) is 54.0 Å². The summed E-state index contributed by atoms with van der Waals surface area (Å²) in [5.74, 6) is -0.602. The number of hydrogen-bond donors (Lipinski definition) is 3. The van der Waals surface area contributed by atoms with Gasteiger partial charge in [-0.15, -0.1) is 0 Å². The van der Waals surface area contributed by atoms with Crippen LogP contribution in [0.5, 0.6) is 0 Å². The SMILES string of the molecule is CC(C)(C)OCC(O)Cn1c(=O)cnn(-c2ccc(Cl)c(C(=O)NC(O)C3CCCCCC3)c2)c1=O. The number of nitrogens with one attached hydrogen (secondary N) is 1. The number of carbonyl (C=O) groups excluding carboxylic acids is 1. The summed E-state index contributed by atoms with van der Waals surface area (Å²) in [6.07, 6.45) is 4.79. The van der Waals surface area contributed by atoms with Crippen molar-refractivity contribution in [1.29, 1.82) is 0 Å². The fourth-order valence-corrected chi connectivity index (χ4v) is 4.37. The number of rotatable bonds is 8. The molecular formula is C25H35ClN4O6. The smallest absolute Gasteiger partial charge is 0.352 e. The van der Waals surface area contributed by atoms with Crippen molar-refractivity contribution in [2.75, 3.05) is 6.61 Å². The van der Waals surface area contributed by atoms with E-state index in [-0.39, 0.29) is 35.3 Å². The van der Waals surface area contributed by atoms with Crippen molar-refractivity contribution in [1.82, 2.24) is 19.7 Å². The van der Waals surface area contributed by atoms with Crippen molar-refractivity contribution >= 4 is 17.5 Å². The number of halogens is 1. The number of nitrogens with zero attached hydrogens (tertiary/aromatic N) is 3. The monoisotopic (exact) mass is 522 g/mol. The summed E-state index contributed by atoms with van der Waals surface area (Å²) in [4.78, 5) is 38.3. The summed E-state index contributed by atoms with van der Waals surface area (Å²) in [6.45, 7) is 5.14. The molecular weight excluding hydrogens is 488 g/mol. The molecule has 0 radical (unpaired) electrons. The molecule has 2 atom stereocenters. The molecule has 1 amide bonds. The average Bonchev–Trinajstić information content (AvgIpc) is 3.10. The van der Waals surface area contributed by atoms with Crippen LogP contribution in [0.2, 0.25) is 5.02 Å². The van der Waals surface area contributed by atoms with Gasteiger partial charge in [0.05, 0.1) is 41.1 Å². The van der Waals surface area contributed by atoms with Crippen LogP contribution in [0.4, 0.5) is 0 Å². The van der Waals surface area contributed by atoms with Crippen LogP contribution in [0.1, 0.15) is 69.7 Å². The van der Waals surface area contributed by atoms with Crippen LogP contribution in [-0.4, -0.2) is 55.0 Å². The van der Waals surface area contributed by atoms with E-state index in [1.165, 1.54) is 18.2 Å². The van der Waals surface area contributed by atoms with Crippen molar-refractivity contribution < 1.29 is 19.7 Å². The van der Waals surface area contributed by atoms with Crippen LogP contribution in [0.25, 0.3) is 5.69 Å². The van der Waals surface area contributed by atoms with Gasteiger partial charge in [-0.3, -0.25) is 14.2 Å². The zero-order valence-electron chi connectivity index (χ0n) is 20.9. The van der Waals surface area contributed by atoms with Crippen molar-refractivity contribution in [3.63, 3.8) is 0 Å². The maximum atomic E-state index is 13.0. The fourth-order valence-electron chi connectivity index (χ4n) is 4.17. The van der Waals surface area contributed by atoms with Gasteiger partial charge in [0.2, 0.25) is 0 Å². The maximum absolute atomic E-state index is 13.0. The predicted molar refractivity (Wildman–Crippen MR) is 135 cm³/mol. The third-order valence-corrected chi connectivity index (χ3v) is 6.46. The van der Waals surface area contributed by atoms with Crippen LogP contribution < -0.4 is 16.6 Å². The quantitative estimate of drug-likeness (QED) is 0.357. The standard InChI is InChI=1S/C25H35ClN4O6/c1-25(2,3)36-15-18(31)14-29-21(32)13-27-30(24(29)35)17-10-11-20(26)19(12-17)23(34)28-22(33)16-8-6-4-5-7-9-16/h10-13,16,18,22,31,33H,4-9,14-15H2,1-3H3,(H,28,34). The first-order valence-electron chi connectivity index (χ1n) is 12.3. The summed E-state index contributed by atoms with van der Waals surface area (Å²) in [5, 5.41) is 27.5. The van der Waals surface area contributed by atoms with E-state index in [1.54, 1.807) is 0 Å². The van der Waals surface area contributed by atoms with Crippen molar-refractivity contribution in [2.24, 2.45) is 5.92 Å². The number of carbonyl (C=O) groups is 1. The molecule has 2 aromatic rings. The normalized spacial score (nSPS) is 16.8. The van der Waals surface area contributed by atoms with E-state index in [1.807, 2.05) is 20.8 Å². The van der Waals surface area contributed by atoms with Crippen LogP contribution in [0.15, 0.2) is 34.0 Å². The van der Waals surface area contributed by atoms with Gasteiger partial charge in [0.1, 0.15) is 12.4 Å². The highest BCUT2D eigenvalue weighted by atomic mass is 35.5. The first-order valence-corrected chi connectivity index (χ1v) is 12.6. The van der Waals surface area contributed by atoms with Gasteiger partial charge >= 0.3 is 5.69 Å². The molecule has 10 nitrogen and oxygen atoms in total. The van der Waals surface area contributed by atoms with Crippen molar-refractivity contribution in [3.05, 3.63) is 55.8 Å². The van der Waals surface area contributed by atoms with Gasteiger partial charge in [-0.2, -0.15) is 9.78 Å². The van der Waals surface area contributed by atoms with Crippen LogP contribution in [0.3, 0.4) is 0 Å². The lowest BCUT2D eigenvalue weighted by Gasteiger charge is -2.22. The molecule has 1 aromatic carbocycles. The highest BCUT2D eigenvalue weighted by molar-refractivity contribution is 6.33. The largest absolute Gasteiger partial charge is 0.389 e. The van der Waals surface area contributed by atoms with E-state index in [9.17, 15) is 24.6 Å². The molecule has 1 saturated carbocycles. The molecule has 3 N–H and O–H groups in total. The third kappa shape index (κ3) is 7.49. The summed E-state index contributed by atoms with van der Waals surface area (Å²) in [7, 11) is 0. The third-order valence-electron chi connectivity index (χ3n) is 6.13. The Labute approximate surface area is 214 Å². The highest BCUT2D eigenvalue weighted by Crippen LogP contribution is 2.25. The Balaban J connectivity index is 1.82. The van der Waals surface area contributed by atoms with E-state index in [4.69, 9.17) is 16.3 Å². The molecule has 36 heavy (non-hydrogen) atoms.